The second-order valence-corrected chi connectivity index (χ2v) is 5.53. The number of aryl methyl sites for hydroxylation is 2. The van der Waals surface area contributed by atoms with E-state index in [1.165, 1.54) is 16.7 Å². The van der Waals surface area contributed by atoms with Crippen LogP contribution >= 0.6 is 0 Å². The van der Waals surface area contributed by atoms with Gasteiger partial charge in [-0.1, -0.05) is 35.9 Å². The third-order valence-electron chi connectivity index (χ3n) is 3.86. The van der Waals surface area contributed by atoms with Gasteiger partial charge in [0, 0.05) is 6.04 Å². The Morgan fingerprint density at radius 1 is 1.00 bits per heavy atom. The van der Waals surface area contributed by atoms with Crippen LogP contribution in [0.3, 0.4) is 0 Å². The first kappa shape index (κ1) is 14.0. The van der Waals surface area contributed by atoms with E-state index in [9.17, 15) is 0 Å². The molecule has 0 saturated carbocycles. The third-order valence-corrected chi connectivity index (χ3v) is 3.86. The molecule has 0 radical (unpaired) electrons. The monoisotopic (exact) mass is 283 g/mol. The SMILES string of the molecule is Cc1ccc(C(N)CCc2ccc3c(c2)OCCO3)cc1. The number of rotatable bonds is 4. The molecule has 3 heteroatoms. The van der Waals surface area contributed by atoms with Gasteiger partial charge >= 0.3 is 0 Å². The summed E-state index contributed by atoms with van der Waals surface area (Å²) in [7, 11) is 0. The average molecular weight is 283 g/mol. The molecule has 0 bridgehead atoms. The summed E-state index contributed by atoms with van der Waals surface area (Å²) in [5.74, 6) is 1.69. The van der Waals surface area contributed by atoms with Gasteiger partial charge in [0.2, 0.25) is 0 Å². The van der Waals surface area contributed by atoms with Gasteiger partial charge < -0.3 is 15.2 Å². The molecule has 0 fully saturated rings. The fourth-order valence-electron chi connectivity index (χ4n) is 2.55. The van der Waals surface area contributed by atoms with Crippen molar-refractivity contribution in [2.45, 2.75) is 25.8 Å². The average Bonchev–Trinajstić information content (AvgIpc) is 2.53. The first-order chi connectivity index (χ1) is 10.2. The van der Waals surface area contributed by atoms with Crippen LogP contribution in [0.1, 0.15) is 29.2 Å². The van der Waals surface area contributed by atoms with E-state index in [-0.39, 0.29) is 6.04 Å². The molecule has 0 spiro atoms. The van der Waals surface area contributed by atoms with Gasteiger partial charge in [-0.25, -0.2) is 0 Å². The maximum Gasteiger partial charge on any atom is 0.161 e. The molecule has 2 aromatic rings. The van der Waals surface area contributed by atoms with E-state index < -0.39 is 0 Å². The summed E-state index contributed by atoms with van der Waals surface area (Å²) in [5.41, 5.74) is 9.97. The molecule has 0 aromatic heterocycles. The zero-order chi connectivity index (χ0) is 14.7. The minimum Gasteiger partial charge on any atom is -0.486 e. The van der Waals surface area contributed by atoms with Crippen molar-refractivity contribution in [2.24, 2.45) is 5.73 Å². The van der Waals surface area contributed by atoms with Crippen LogP contribution in [-0.2, 0) is 6.42 Å². The fraction of sp³-hybridized carbons (Fsp3) is 0.333. The van der Waals surface area contributed by atoms with Crippen molar-refractivity contribution in [1.29, 1.82) is 0 Å². The highest BCUT2D eigenvalue weighted by molar-refractivity contribution is 5.43. The zero-order valence-corrected chi connectivity index (χ0v) is 12.3. The van der Waals surface area contributed by atoms with Crippen molar-refractivity contribution in [1.82, 2.24) is 0 Å². The van der Waals surface area contributed by atoms with Crippen LogP contribution in [-0.4, -0.2) is 13.2 Å². The Balaban J connectivity index is 1.63. The van der Waals surface area contributed by atoms with E-state index in [0.29, 0.717) is 13.2 Å². The molecule has 0 aliphatic carbocycles. The normalized spacial score (nSPS) is 14.8. The van der Waals surface area contributed by atoms with E-state index in [4.69, 9.17) is 15.2 Å². The summed E-state index contributed by atoms with van der Waals surface area (Å²) in [5, 5.41) is 0. The molecule has 0 amide bonds. The van der Waals surface area contributed by atoms with Crippen molar-refractivity contribution in [3.63, 3.8) is 0 Å². The van der Waals surface area contributed by atoms with Crippen molar-refractivity contribution in [3.8, 4) is 11.5 Å². The van der Waals surface area contributed by atoms with E-state index in [2.05, 4.69) is 43.3 Å². The molecular formula is C18H21NO2. The Morgan fingerprint density at radius 2 is 1.71 bits per heavy atom. The third kappa shape index (κ3) is 3.37. The maximum atomic E-state index is 6.27. The fourth-order valence-corrected chi connectivity index (χ4v) is 2.55. The Morgan fingerprint density at radius 3 is 2.48 bits per heavy atom. The van der Waals surface area contributed by atoms with Crippen molar-refractivity contribution < 1.29 is 9.47 Å². The molecule has 0 saturated heterocycles. The van der Waals surface area contributed by atoms with Crippen LogP contribution in [0.2, 0.25) is 0 Å². The molecule has 1 atom stereocenters. The van der Waals surface area contributed by atoms with Gasteiger partial charge in [0.05, 0.1) is 0 Å². The van der Waals surface area contributed by atoms with E-state index in [1.807, 2.05) is 6.07 Å². The predicted octanol–water partition coefficient (Wildman–Crippen LogP) is 3.40. The first-order valence-corrected chi connectivity index (χ1v) is 7.43. The zero-order valence-electron chi connectivity index (χ0n) is 12.3. The largest absolute Gasteiger partial charge is 0.486 e. The lowest BCUT2D eigenvalue weighted by atomic mass is 9.99. The summed E-state index contributed by atoms with van der Waals surface area (Å²) >= 11 is 0. The highest BCUT2D eigenvalue weighted by Crippen LogP contribution is 2.31. The molecule has 2 N–H and O–H groups in total. The number of ether oxygens (including phenoxy) is 2. The lowest BCUT2D eigenvalue weighted by Crippen LogP contribution is -2.15. The summed E-state index contributed by atoms with van der Waals surface area (Å²) in [4.78, 5) is 0. The number of fused-ring (bicyclic) bond motifs is 1. The summed E-state index contributed by atoms with van der Waals surface area (Å²) in [6.07, 6.45) is 1.86. The summed E-state index contributed by atoms with van der Waals surface area (Å²) in [6, 6.07) is 14.7. The van der Waals surface area contributed by atoms with Gasteiger partial charge in [0.25, 0.3) is 0 Å². The lowest BCUT2D eigenvalue weighted by molar-refractivity contribution is 0.171. The molecule has 3 rings (SSSR count). The Hall–Kier alpha value is -2.00. The van der Waals surface area contributed by atoms with E-state index in [1.54, 1.807) is 0 Å². The van der Waals surface area contributed by atoms with Gasteiger partial charge in [-0.05, 0) is 43.0 Å². The Kier molecular flexibility index (Phi) is 4.11. The molecule has 1 heterocycles. The Bertz CT molecular complexity index is 607. The highest BCUT2D eigenvalue weighted by Gasteiger charge is 2.12. The number of nitrogens with two attached hydrogens (primary N) is 1. The Labute approximate surface area is 125 Å². The smallest absolute Gasteiger partial charge is 0.161 e. The molecule has 3 nitrogen and oxygen atoms in total. The van der Waals surface area contributed by atoms with Crippen LogP contribution < -0.4 is 15.2 Å². The maximum absolute atomic E-state index is 6.27. The summed E-state index contributed by atoms with van der Waals surface area (Å²) < 4.78 is 11.1. The van der Waals surface area contributed by atoms with Gasteiger partial charge in [-0.3, -0.25) is 0 Å². The number of hydrogen-bond donors (Lipinski definition) is 1. The second-order valence-electron chi connectivity index (χ2n) is 5.53. The van der Waals surface area contributed by atoms with Gasteiger partial charge in [-0.2, -0.15) is 0 Å². The van der Waals surface area contributed by atoms with Crippen LogP contribution in [0.15, 0.2) is 42.5 Å². The van der Waals surface area contributed by atoms with Crippen LogP contribution in [0, 0.1) is 6.92 Å². The topological polar surface area (TPSA) is 44.5 Å². The van der Waals surface area contributed by atoms with Gasteiger partial charge in [-0.15, -0.1) is 0 Å². The van der Waals surface area contributed by atoms with Gasteiger partial charge in [0.15, 0.2) is 11.5 Å². The van der Waals surface area contributed by atoms with E-state index in [0.717, 1.165) is 24.3 Å². The number of benzene rings is 2. The highest BCUT2D eigenvalue weighted by atomic mass is 16.6. The van der Waals surface area contributed by atoms with Crippen LogP contribution in [0.5, 0.6) is 11.5 Å². The standard InChI is InChI=1S/C18H21NO2/c1-13-2-6-15(7-3-13)16(19)8-4-14-5-9-17-18(12-14)21-11-10-20-17/h2-3,5-7,9,12,16H,4,8,10-11,19H2,1H3. The minimum absolute atomic E-state index is 0.0683. The second kappa shape index (κ2) is 6.19. The van der Waals surface area contributed by atoms with Crippen LogP contribution in [0.4, 0.5) is 0 Å². The quantitative estimate of drug-likeness (QED) is 0.935. The van der Waals surface area contributed by atoms with Crippen molar-refractivity contribution in [3.05, 3.63) is 59.2 Å². The molecule has 110 valence electrons. The lowest BCUT2D eigenvalue weighted by Gasteiger charge is -2.19. The van der Waals surface area contributed by atoms with E-state index >= 15 is 0 Å². The van der Waals surface area contributed by atoms with Crippen molar-refractivity contribution in [2.75, 3.05) is 13.2 Å². The number of hydrogen-bond acceptors (Lipinski definition) is 3. The molecule has 1 aliphatic heterocycles. The minimum atomic E-state index is 0.0683. The molecular weight excluding hydrogens is 262 g/mol. The molecule has 1 unspecified atom stereocenters. The predicted molar refractivity (Wildman–Crippen MR) is 83.9 cm³/mol. The first-order valence-electron chi connectivity index (χ1n) is 7.43. The molecule has 21 heavy (non-hydrogen) atoms. The summed E-state index contributed by atoms with van der Waals surface area (Å²) in [6.45, 7) is 3.34. The molecule has 2 aromatic carbocycles. The molecule has 1 aliphatic rings. The van der Waals surface area contributed by atoms with Crippen LogP contribution in [0.25, 0.3) is 0 Å². The van der Waals surface area contributed by atoms with Gasteiger partial charge in [0.1, 0.15) is 13.2 Å². The van der Waals surface area contributed by atoms with Crippen molar-refractivity contribution >= 4 is 0 Å².